The van der Waals surface area contributed by atoms with E-state index in [0.717, 1.165) is 55.9 Å². The van der Waals surface area contributed by atoms with E-state index in [9.17, 15) is 4.39 Å². The average Bonchev–Trinajstić information content (AvgIpc) is 2.90. The van der Waals surface area contributed by atoms with Gasteiger partial charge in [0, 0.05) is 25.2 Å². The zero-order valence-corrected chi connectivity index (χ0v) is 10.7. The van der Waals surface area contributed by atoms with Crippen molar-refractivity contribution in [3.63, 3.8) is 0 Å². The molecule has 0 aromatic heterocycles. The molecule has 3 rings (SSSR count). The van der Waals surface area contributed by atoms with Gasteiger partial charge in [0.25, 0.3) is 0 Å². The van der Waals surface area contributed by atoms with E-state index in [0.29, 0.717) is 0 Å². The zero-order chi connectivity index (χ0) is 12.5. The van der Waals surface area contributed by atoms with E-state index in [1.165, 1.54) is 6.07 Å². The summed E-state index contributed by atoms with van der Waals surface area (Å²) in [6.07, 6.45) is 0. The lowest BCUT2D eigenvalue weighted by molar-refractivity contribution is 0.297. The molecule has 0 radical (unpaired) electrons. The first-order chi connectivity index (χ1) is 8.76. The quantitative estimate of drug-likeness (QED) is 0.879. The van der Waals surface area contributed by atoms with Crippen molar-refractivity contribution in [3.8, 4) is 5.75 Å². The van der Waals surface area contributed by atoms with Crippen molar-refractivity contribution in [2.24, 2.45) is 11.8 Å². The second kappa shape index (κ2) is 4.86. The van der Waals surface area contributed by atoms with E-state index >= 15 is 0 Å². The first-order valence-electron chi connectivity index (χ1n) is 6.52. The number of hydrogen-bond donors (Lipinski definition) is 1. The number of rotatable bonds is 3. The number of benzene rings is 1. The van der Waals surface area contributed by atoms with E-state index in [2.05, 4.69) is 10.2 Å². The van der Waals surface area contributed by atoms with Gasteiger partial charge in [-0.25, -0.2) is 4.39 Å². The number of halogens is 1. The summed E-state index contributed by atoms with van der Waals surface area (Å²) in [5, 5.41) is 3.43. The molecule has 2 aliphatic rings. The van der Waals surface area contributed by atoms with E-state index in [1.54, 1.807) is 19.2 Å². The fourth-order valence-electron chi connectivity index (χ4n) is 3.19. The van der Waals surface area contributed by atoms with Crippen molar-refractivity contribution in [1.82, 2.24) is 10.2 Å². The normalized spacial score (nSPS) is 27.4. The molecule has 2 atom stereocenters. The number of ether oxygens (including phenoxy) is 1. The Hall–Kier alpha value is -1.13. The molecule has 0 saturated carbocycles. The van der Waals surface area contributed by atoms with Crippen molar-refractivity contribution >= 4 is 0 Å². The van der Waals surface area contributed by atoms with Gasteiger partial charge in [-0.15, -0.1) is 0 Å². The lowest BCUT2D eigenvalue weighted by Crippen LogP contribution is -2.25. The van der Waals surface area contributed by atoms with Crippen LogP contribution < -0.4 is 10.1 Å². The fourth-order valence-corrected chi connectivity index (χ4v) is 3.19. The molecule has 2 saturated heterocycles. The molecule has 1 aromatic rings. The Bertz CT molecular complexity index is 426. The zero-order valence-electron chi connectivity index (χ0n) is 10.7. The van der Waals surface area contributed by atoms with Crippen molar-refractivity contribution in [3.05, 3.63) is 29.6 Å². The molecule has 2 aliphatic heterocycles. The second-order valence-corrected chi connectivity index (χ2v) is 5.33. The summed E-state index contributed by atoms with van der Waals surface area (Å²) in [6, 6.07) is 4.75. The Morgan fingerprint density at radius 1 is 1.33 bits per heavy atom. The van der Waals surface area contributed by atoms with E-state index in [1.807, 2.05) is 0 Å². The molecule has 1 N–H and O–H groups in total. The third-order valence-corrected chi connectivity index (χ3v) is 4.10. The van der Waals surface area contributed by atoms with Crippen LogP contribution in [0, 0.1) is 17.7 Å². The van der Waals surface area contributed by atoms with Gasteiger partial charge in [0.15, 0.2) is 0 Å². The maximum atomic E-state index is 13.3. The standard InChI is InChI=1S/C14H19FN2O/c1-18-14-3-2-13(15)4-10(14)7-17-8-11-5-16-6-12(11)9-17/h2-4,11-12,16H,5-9H2,1H3. The molecule has 2 heterocycles. The Kier molecular flexibility index (Phi) is 3.22. The third-order valence-electron chi connectivity index (χ3n) is 4.10. The number of fused-ring (bicyclic) bond motifs is 1. The summed E-state index contributed by atoms with van der Waals surface area (Å²) in [7, 11) is 1.64. The summed E-state index contributed by atoms with van der Waals surface area (Å²) < 4.78 is 18.6. The van der Waals surface area contributed by atoms with Crippen LogP contribution in [0.2, 0.25) is 0 Å². The molecule has 98 valence electrons. The molecule has 18 heavy (non-hydrogen) atoms. The lowest BCUT2D eigenvalue weighted by Gasteiger charge is -2.18. The molecule has 3 nitrogen and oxygen atoms in total. The van der Waals surface area contributed by atoms with Crippen LogP contribution in [0.5, 0.6) is 5.75 Å². The maximum absolute atomic E-state index is 13.3. The smallest absolute Gasteiger partial charge is 0.123 e. The van der Waals surface area contributed by atoms with Crippen LogP contribution in [0.4, 0.5) is 4.39 Å². The molecular formula is C14H19FN2O. The third kappa shape index (κ3) is 2.22. The van der Waals surface area contributed by atoms with Gasteiger partial charge in [-0.05, 0) is 43.1 Å². The van der Waals surface area contributed by atoms with Crippen LogP contribution in [0.1, 0.15) is 5.56 Å². The second-order valence-electron chi connectivity index (χ2n) is 5.33. The van der Waals surface area contributed by atoms with Crippen LogP contribution in [0.3, 0.4) is 0 Å². The number of methoxy groups -OCH3 is 1. The minimum absolute atomic E-state index is 0.188. The summed E-state index contributed by atoms with van der Waals surface area (Å²) in [5.74, 6) is 2.13. The van der Waals surface area contributed by atoms with Gasteiger partial charge in [-0.3, -0.25) is 4.90 Å². The van der Waals surface area contributed by atoms with Crippen LogP contribution in [-0.2, 0) is 6.54 Å². The van der Waals surface area contributed by atoms with Crippen LogP contribution in [0.25, 0.3) is 0 Å². The Balaban J connectivity index is 1.71. The average molecular weight is 250 g/mol. The predicted molar refractivity (Wildman–Crippen MR) is 68.1 cm³/mol. The first-order valence-corrected chi connectivity index (χ1v) is 6.52. The fraction of sp³-hybridized carbons (Fsp3) is 0.571. The molecule has 0 amide bonds. The molecule has 1 aromatic carbocycles. The molecule has 4 heteroatoms. The number of likely N-dealkylation sites (tertiary alicyclic amines) is 1. The molecular weight excluding hydrogens is 231 g/mol. The largest absolute Gasteiger partial charge is 0.496 e. The van der Waals surface area contributed by atoms with E-state index < -0.39 is 0 Å². The predicted octanol–water partition coefficient (Wildman–Crippen LogP) is 1.49. The summed E-state index contributed by atoms with van der Waals surface area (Å²) in [6.45, 7) is 5.26. The SMILES string of the molecule is COc1ccc(F)cc1CN1CC2CNCC2C1. The monoisotopic (exact) mass is 250 g/mol. The summed E-state index contributed by atoms with van der Waals surface area (Å²) >= 11 is 0. The van der Waals surface area contributed by atoms with Gasteiger partial charge in [0.05, 0.1) is 7.11 Å². The summed E-state index contributed by atoms with van der Waals surface area (Å²) in [5.41, 5.74) is 0.949. The first kappa shape index (κ1) is 11.9. The van der Waals surface area contributed by atoms with Gasteiger partial charge >= 0.3 is 0 Å². The Labute approximate surface area is 107 Å². The van der Waals surface area contributed by atoms with Crippen molar-refractivity contribution < 1.29 is 9.13 Å². The van der Waals surface area contributed by atoms with Crippen molar-refractivity contribution in [2.75, 3.05) is 33.3 Å². The minimum Gasteiger partial charge on any atom is -0.496 e. The van der Waals surface area contributed by atoms with Crippen LogP contribution >= 0.6 is 0 Å². The molecule has 2 fully saturated rings. The minimum atomic E-state index is -0.188. The van der Waals surface area contributed by atoms with Gasteiger partial charge in [0.2, 0.25) is 0 Å². The summed E-state index contributed by atoms with van der Waals surface area (Å²) in [4.78, 5) is 2.41. The topological polar surface area (TPSA) is 24.5 Å². The van der Waals surface area contributed by atoms with Gasteiger partial charge in [0.1, 0.15) is 11.6 Å². The molecule has 0 aliphatic carbocycles. The van der Waals surface area contributed by atoms with Crippen molar-refractivity contribution in [1.29, 1.82) is 0 Å². The highest BCUT2D eigenvalue weighted by Gasteiger charge is 2.36. The van der Waals surface area contributed by atoms with Gasteiger partial charge < -0.3 is 10.1 Å². The highest BCUT2D eigenvalue weighted by molar-refractivity contribution is 5.34. The number of nitrogens with zero attached hydrogens (tertiary/aromatic N) is 1. The van der Waals surface area contributed by atoms with E-state index in [-0.39, 0.29) is 5.82 Å². The van der Waals surface area contributed by atoms with E-state index in [4.69, 9.17) is 4.74 Å². The Morgan fingerprint density at radius 2 is 2.06 bits per heavy atom. The number of nitrogens with one attached hydrogen (secondary N) is 1. The molecule has 0 bridgehead atoms. The number of hydrogen-bond acceptors (Lipinski definition) is 3. The van der Waals surface area contributed by atoms with Crippen LogP contribution in [-0.4, -0.2) is 38.2 Å². The van der Waals surface area contributed by atoms with Crippen molar-refractivity contribution in [2.45, 2.75) is 6.54 Å². The highest BCUT2D eigenvalue weighted by Crippen LogP contribution is 2.29. The Morgan fingerprint density at radius 3 is 2.72 bits per heavy atom. The van der Waals surface area contributed by atoms with Crippen LogP contribution in [0.15, 0.2) is 18.2 Å². The molecule has 0 spiro atoms. The lowest BCUT2D eigenvalue weighted by atomic mass is 10.0. The molecule has 2 unspecified atom stereocenters. The highest BCUT2D eigenvalue weighted by atomic mass is 19.1. The van der Waals surface area contributed by atoms with Gasteiger partial charge in [-0.2, -0.15) is 0 Å². The maximum Gasteiger partial charge on any atom is 0.123 e. The van der Waals surface area contributed by atoms with Gasteiger partial charge in [-0.1, -0.05) is 0 Å².